The summed E-state index contributed by atoms with van der Waals surface area (Å²) in [6.07, 6.45) is 7.39. The maximum Gasteiger partial charge on any atom is 0.246 e. The molecular formula is C14H19N3O2S. The number of piperazine rings is 1. The Morgan fingerprint density at radius 3 is 2.80 bits per heavy atom. The zero-order valence-electron chi connectivity index (χ0n) is 11.4. The standard InChI is InChI=1S/C14H19N3O2S/c18-11-8-17(9-12-15-6-7-20-12)14(19)13(16-11)10-4-2-1-3-5-10/h6-7,10,13H,1-5,8-9H2,(H,16,18). The summed E-state index contributed by atoms with van der Waals surface area (Å²) in [5.74, 6) is 0.322. The Kier molecular flexibility index (Phi) is 4.00. The first-order valence-electron chi connectivity index (χ1n) is 7.20. The van der Waals surface area contributed by atoms with Gasteiger partial charge in [-0.2, -0.15) is 0 Å². The predicted octanol–water partition coefficient (Wildman–Crippen LogP) is 1.55. The Labute approximate surface area is 122 Å². The summed E-state index contributed by atoms with van der Waals surface area (Å²) >= 11 is 1.52. The first kappa shape index (κ1) is 13.5. The maximum atomic E-state index is 12.6. The van der Waals surface area contributed by atoms with Crippen molar-refractivity contribution in [2.45, 2.75) is 44.7 Å². The molecule has 0 radical (unpaired) electrons. The van der Waals surface area contributed by atoms with Crippen LogP contribution in [0.25, 0.3) is 0 Å². The summed E-state index contributed by atoms with van der Waals surface area (Å²) in [6, 6.07) is -0.323. The maximum absolute atomic E-state index is 12.6. The number of aromatic nitrogens is 1. The molecule has 5 nitrogen and oxygen atoms in total. The summed E-state index contributed by atoms with van der Waals surface area (Å²) < 4.78 is 0. The van der Waals surface area contributed by atoms with Gasteiger partial charge in [-0.25, -0.2) is 4.98 Å². The van der Waals surface area contributed by atoms with Crippen LogP contribution in [0.4, 0.5) is 0 Å². The Bertz CT molecular complexity index is 483. The number of hydrogen-bond acceptors (Lipinski definition) is 4. The first-order chi connectivity index (χ1) is 9.74. The molecule has 2 fully saturated rings. The lowest BCUT2D eigenvalue weighted by atomic mass is 9.82. The zero-order valence-corrected chi connectivity index (χ0v) is 12.2. The van der Waals surface area contributed by atoms with E-state index < -0.39 is 0 Å². The number of nitrogens with one attached hydrogen (secondary N) is 1. The number of carbonyl (C=O) groups excluding carboxylic acids is 2. The molecule has 1 atom stereocenters. The SMILES string of the molecule is O=C1CN(Cc2nccs2)C(=O)C(C2CCCCC2)N1. The summed E-state index contributed by atoms with van der Waals surface area (Å²) in [4.78, 5) is 30.3. The highest BCUT2D eigenvalue weighted by molar-refractivity contribution is 7.09. The van der Waals surface area contributed by atoms with Gasteiger partial charge in [-0.1, -0.05) is 19.3 Å². The van der Waals surface area contributed by atoms with Gasteiger partial charge < -0.3 is 10.2 Å². The molecule has 2 aliphatic rings. The van der Waals surface area contributed by atoms with Crippen LogP contribution in [0.3, 0.4) is 0 Å². The van der Waals surface area contributed by atoms with Crippen molar-refractivity contribution in [2.24, 2.45) is 5.92 Å². The quantitative estimate of drug-likeness (QED) is 0.919. The second kappa shape index (κ2) is 5.91. The molecule has 1 saturated carbocycles. The fourth-order valence-electron chi connectivity index (χ4n) is 3.14. The van der Waals surface area contributed by atoms with Crippen LogP contribution in [0, 0.1) is 5.92 Å². The third-order valence-electron chi connectivity index (χ3n) is 4.16. The molecule has 0 spiro atoms. The Balaban J connectivity index is 1.71. The molecule has 1 saturated heterocycles. The van der Waals surface area contributed by atoms with Crippen molar-refractivity contribution in [3.8, 4) is 0 Å². The van der Waals surface area contributed by atoms with Gasteiger partial charge in [-0.05, 0) is 18.8 Å². The van der Waals surface area contributed by atoms with Crippen LogP contribution in [0.15, 0.2) is 11.6 Å². The second-order valence-corrected chi connectivity index (χ2v) is 6.54. The van der Waals surface area contributed by atoms with Crippen LogP contribution >= 0.6 is 11.3 Å². The molecule has 1 aliphatic carbocycles. The molecule has 2 amide bonds. The van der Waals surface area contributed by atoms with Crippen molar-refractivity contribution in [3.63, 3.8) is 0 Å². The predicted molar refractivity (Wildman–Crippen MR) is 76.0 cm³/mol. The number of amides is 2. The van der Waals surface area contributed by atoms with Crippen LogP contribution in [0.1, 0.15) is 37.1 Å². The monoisotopic (exact) mass is 293 g/mol. The molecule has 1 aromatic heterocycles. The number of carbonyl (C=O) groups is 2. The van der Waals surface area contributed by atoms with Gasteiger partial charge >= 0.3 is 0 Å². The average Bonchev–Trinajstić information content (AvgIpc) is 2.96. The fraction of sp³-hybridized carbons (Fsp3) is 0.643. The van der Waals surface area contributed by atoms with Gasteiger partial charge in [0.15, 0.2) is 0 Å². The highest BCUT2D eigenvalue weighted by Crippen LogP contribution is 2.28. The van der Waals surface area contributed by atoms with Crippen molar-refractivity contribution in [2.75, 3.05) is 6.54 Å². The number of thiazole rings is 1. The number of rotatable bonds is 3. The molecule has 2 heterocycles. The van der Waals surface area contributed by atoms with Gasteiger partial charge in [-0.3, -0.25) is 9.59 Å². The third-order valence-corrected chi connectivity index (χ3v) is 4.92. The normalized spacial score (nSPS) is 24.8. The Morgan fingerprint density at radius 2 is 2.10 bits per heavy atom. The summed E-state index contributed by atoms with van der Waals surface area (Å²) in [5, 5.41) is 5.67. The van der Waals surface area contributed by atoms with Crippen molar-refractivity contribution in [1.29, 1.82) is 0 Å². The fourth-order valence-corrected chi connectivity index (χ4v) is 3.77. The lowest BCUT2D eigenvalue weighted by Crippen LogP contribution is -2.60. The highest BCUT2D eigenvalue weighted by atomic mass is 32.1. The van der Waals surface area contributed by atoms with E-state index in [0.29, 0.717) is 12.5 Å². The van der Waals surface area contributed by atoms with Crippen LogP contribution in [-0.4, -0.2) is 34.3 Å². The second-order valence-electron chi connectivity index (χ2n) is 5.56. The van der Waals surface area contributed by atoms with E-state index in [-0.39, 0.29) is 24.4 Å². The molecule has 1 N–H and O–H groups in total. The van der Waals surface area contributed by atoms with Gasteiger partial charge in [-0.15, -0.1) is 11.3 Å². The molecule has 3 rings (SSSR count). The minimum Gasteiger partial charge on any atom is -0.342 e. The van der Waals surface area contributed by atoms with Crippen molar-refractivity contribution in [3.05, 3.63) is 16.6 Å². The first-order valence-corrected chi connectivity index (χ1v) is 8.08. The van der Waals surface area contributed by atoms with E-state index in [2.05, 4.69) is 10.3 Å². The minimum atomic E-state index is -0.323. The van der Waals surface area contributed by atoms with E-state index in [9.17, 15) is 9.59 Å². The van der Waals surface area contributed by atoms with Crippen molar-refractivity contribution < 1.29 is 9.59 Å². The van der Waals surface area contributed by atoms with E-state index >= 15 is 0 Å². The van der Waals surface area contributed by atoms with E-state index in [1.807, 2.05) is 5.38 Å². The molecule has 6 heteroatoms. The van der Waals surface area contributed by atoms with Crippen LogP contribution in [0.2, 0.25) is 0 Å². The number of nitrogens with zero attached hydrogens (tertiary/aromatic N) is 2. The Hall–Kier alpha value is -1.43. The molecule has 1 aromatic rings. The summed E-state index contributed by atoms with van der Waals surface area (Å²) in [6.45, 7) is 0.606. The van der Waals surface area contributed by atoms with Gasteiger partial charge in [0.1, 0.15) is 17.6 Å². The lowest BCUT2D eigenvalue weighted by Gasteiger charge is -2.37. The summed E-state index contributed by atoms with van der Waals surface area (Å²) in [7, 11) is 0. The highest BCUT2D eigenvalue weighted by Gasteiger charge is 2.38. The van der Waals surface area contributed by atoms with Gasteiger partial charge in [0.05, 0.1) is 6.54 Å². The minimum absolute atomic E-state index is 0.0447. The summed E-state index contributed by atoms with van der Waals surface area (Å²) in [5.41, 5.74) is 0. The molecule has 0 aromatic carbocycles. The van der Waals surface area contributed by atoms with Crippen molar-refractivity contribution in [1.82, 2.24) is 15.2 Å². The van der Waals surface area contributed by atoms with Crippen LogP contribution in [-0.2, 0) is 16.1 Å². The van der Waals surface area contributed by atoms with Gasteiger partial charge in [0, 0.05) is 11.6 Å². The zero-order chi connectivity index (χ0) is 13.9. The smallest absolute Gasteiger partial charge is 0.246 e. The van der Waals surface area contributed by atoms with Crippen molar-refractivity contribution >= 4 is 23.2 Å². The van der Waals surface area contributed by atoms with E-state index in [4.69, 9.17) is 0 Å². The van der Waals surface area contributed by atoms with E-state index in [1.165, 1.54) is 17.8 Å². The molecule has 20 heavy (non-hydrogen) atoms. The molecular weight excluding hydrogens is 274 g/mol. The number of hydrogen-bond donors (Lipinski definition) is 1. The van der Waals surface area contributed by atoms with Crippen LogP contribution in [0.5, 0.6) is 0 Å². The van der Waals surface area contributed by atoms with Gasteiger partial charge in [0.2, 0.25) is 11.8 Å². The third kappa shape index (κ3) is 2.85. The Morgan fingerprint density at radius 1 is 1.30 bits per heavy atom. The topological polar surface area (TPSA) is 62.3 Å². The molecule has 1 unspecified atom stereocenters. The van der Waals surface area contributed by atoms with E-state index in [0.717, 1.165) is 30.7 Å². The lowest BCUT2D eigenvalue weighted by molar-refractivity contribution is -0.146. The molecule has 108 valence electrons. The molecule has 0 bridgehead atoms. The van der Waals surface area contributed by atoms with Crippen LogP contribution < -0.4 is 5.32 Å². The van der Waals surface area contributed by atoms with Gasteiger partial charge in [0.25, 0.3) is 0 Å². The largest absolute Gasteiger partial charge is 0.342 e. The van der Waals surface area contributed by atoms with E-state index in [1.54, 1.807) is 11.1 Å². The molecule has 1 aliphatic heterocycles. The average molecular weight is 293 g/mol.